The molecule has 1 atom stereocenters. The summed E-state index contributed by atoms with van der Waals surface area (Å²) in [6.45, 7) is 7.68. The van der Waals surface area contributed by atoms with Crippen LogP contribution in [0.1, 0.15) is 27.7 Å². The van der Waals surface area contributed by atoms with E-state index in [-0.39, 0.29) is 22.5 Å². The topological polar surface area (TPSA) is 59.8 Å². The van der Waals surface area contributed by atoms with Gasteiger partial charge in [0, 0.05) is 16.8 Å². The Morgan fingerprint density at radius 3 is 2.32 bits per heavy atom. The van der Waals surface area contributed by atoms with Crippen molar-refractivity contribution in [3.8, 4) is 17.1 Å². The minimum absolute atomic E-state index is 0.0663. The second kappa shape index (κ2) is 8.14. The Balaban J connectivity index is 1.98. The largest absolute Gasteiger partial charge is 0.351 e. The summed E-state index contributed by atoms with van der Waals surface area (Å²) in [4.78, 5) is 12.5. The average Bonchev–Trinajstić information content (AvgIpc) is 3.05. The number of carbonyl (C=O) groups excluding carboxylic acids is 1. The van der Waals surface area contributed by atoms with Crippen LogP contribution in [0.2, 0.25) is 0 Å². The first-order valence-electron chi connectivity index (χ1n) is 9.00. The summed E-state index contributed by atoms with van der Waals surface area (Å²) < 4.78 is 15.2. The highest BCUT2D eigenvalue weighted by atomic mass is 32.2. The lowest BCUT2D eigenvalue weighted by molar-refractivity contribution is -0.121. The van der Waals surface area contributed by atoms with Gasteiger partial charge in [-0.25, -0.2) is 4.39 Å². The zero-order valence-corrected chi connectivity index (χ0v) is 17.1. The van der Waals surface area contributed by atoms with Crippen LogP contribution in [0.4, 0.5) is 4.39 Å². The van der Waals surface area contributed by atoms with Crippen LogP contribution in [0, 0.1) is 5.82 Å². The van der Waals surface area contributed by atoms with E-state index >= 15 is 0 Å². The standard InChI is InChI=1S/C21H23FN4OS/c1-14(19(27)23-21(2,3)4)28-20-25-24-18(15-10-12-16(22)13-11-15)26(20)17-8-6-5-7-9-17/h5-14H,1-4H3,(H,23,27). The number of hydrogen-bond acceptors (Lipinski definition) is 4. The summed E-state index contributed by atoms with van der Waals surface area (Å²) in [7, 11) is 0. The van der Waals surface area contributed by atoms with Gasteiger partial charge >= 0.3 is 0 Å². The molecule has 1 N–H and O–H groups in total. The molecule has 0 aliphatic carbocycles. The predicted molar refractivity (Wildman–Crippen MR) is 110 cm³/mol. The van der Waals surface area contributed by atoms with Crippen molar-refractivity contribution >= 4 is 17.7 Å². The van der Waals surface area contributed by atoms with Gasteiger partial charge in [-0.2, -0.15) is 0 Å². The van der Waals surface area contributed by atoms with Crippen LogP contribution in [0.3, 0.4) is 0 Å². The number of benzene rings is 2. The lowest BCUT2D eigenvalue weighted by Gasteiger charge is -2.23. The van der Waals surface area contributed by atoms with Gasteiger partial charge in [0.2, 0.25) is 5.91 Å². The van der Waals surface area contributed by atoms with Gasteiger partial charge in [0.25, 0.3) is 0 Å². The van der Waals surface area contributed by atoms with E-state index in [9.17, 15) is 9.18 Å². The quantitative estimate of drug-likeness (QED) is 0.644. The van der Waals surface area contributed by atoms with E-state index in [1.807, 2.05) is 62.6 Å². The molecule has 7 heteroatoms. The maximum atomic E-state index is 13.3. The fourth-order valence-electron chi connectivity index (χ4n) is 2.62. The molecule has 0 radical (unpaired) electrons. The highest BCUT2D eigenvalue weighted by Crippen LogP contribution is 2.30. The molecule has 3 aromatic rings. The van der Waals surface area contributed by atoms with Crippen molar-refractivity contribution in [3.05, 3.63) is 60.4 Å². The number of amides is 1. The second-order valence-electron chi connectivity index (χ2n) is 7.48. The lowest BCUT2D eigenvalue weighted by Crippen LogP contribution is -2.44. The molecule has 28 heavy (non-hydrogen) atoms. The predicted octanol–water partition coefficient (Wildman–Crippen LogP) is 4.47. The number of halogens is 1. The van der Waals surface area contributed by atoms with Crippen molar-refractivity contribution < 1.29 is 9.18 Å². The normalized spacial score (nSPS) is 12.6. The van der Waals surface area contributed by atoms with Gasteiger partial charge in [0.1, 0.15) is 5.82 Å². The Kier molecular flexibility index (Phi) is 5.84. The second-order valence-corrected chi connectivity index (χ2v) is 8.79. The molecule has 1 aromatic heterocycles. The van der Waals surface area contributed by atoms with E-state index in [1.165, 1.54) is 23.9 Å². The van der Waals surface area contributed by atoms with Crippen molar-refractivity contribution in [1.82, 2.24) is 20.1 Å². The molecule has 3 rings (SSSR count). The first-order valence-corrected chi connectivity index (χ1v) is 9.88. The Bertz CT molecular complexity index is 949. The molecule has 2 aromatic carbocycles. The van der Waals surface area contributed by atoms with Crippen LogP contribution < -0.4 is 5.32 Å². The molecule has 0 aliphatic heterocycles. The summed E-state index contributed by atoms with van der Waals surface area (Å²) in [5, 5.41) is 11.9. The molecular weight excluding hydrogens is 375 g/mol. The first-order chi connectivity index (χ1) is 13.2. The summed E-state index contributed by atoms with van der Waals surface area (Å²) in [6, 6.07) is 15.8. The van der Waals surface area contributed by atoms with E-state index in [1.54, 1.807) is 12.1 Å². The third-order valence-electron chi connectivity index (χ3n) is 3.90. The van der Waals surface area contributed by atoms with E-state index < -0.39 is 0 Å². The number of para-hydroxylation sites is 1. The van der Waals surface area contributed by atoms with Gasteiger partial charge in [-0.3, -0.25) is 9.36 Å². The third-order valence-corrected chi connectivity index (χ3v) is 4.94. The molecule has 0 aliphatic rings. The van der Waals surface area contributed by atoms with Crippen molar-refractivity contribution in [2.45, 2.75) is 43.6 Å². The number of nitrogens with one attached hydrogen (secondary N) is 1. The summed E-state index contributed by atoms with van der Waals surface area (Å²) in [6.07, 6.45) is 0. The number of rotatable bonds is 5. The molecular formula is C21H23FN4OS. The fourth-order valence-corrected chi connectivity index (χ4v) is 3.49. The number of hydrogen-bond donors (Lipinski definition) is 1. The first kappa shape index (κ1) is 20.1. The monoisotopic (exact) mass is 398 g/mol. The third kappa shape index (κ3) is 4.78. The summed E-state index contributed by atoms with van der Waals surface area (Å²) in [5.74, 6) is 0.220. The highest BCUT2D eigenvalue weighted by Gasteiger charge is 2.24. The number of carbonyl (C=O) groups is 1. The van der Waals surface area contributed by atoms with Gasteiger partial charge in [0.15, 0.2) is 11.0 Å². The van der Waals surface area contributed by atoms with Gasteiger partial charge in [-0.1, -0.05) is 30.0 Å². The number of nitrogens with zero attached hydrogens (tertiary/aromatic N) is 3. The Morgan fingerprint density at radius 1 is 1.07 bits per heavy atom. The van der Waals surface area contributed by atoms with Crippen LogP contribution in [-0.4, -0.2) is 31.5 Å². The van der Waals surface area contributed by atoms with Crippen molar-refractivity contribution in [3.63, 3.8) is 0 Å². The minimum Gasteiger partial charge on any atom is -0.351 e. The summed E-state index contributed by atoms with van der Waals surface area (Å²) >= 11 is 1.34. The van der Waals surface area contributed by atoms with Crippen molar-refractivity contribution in [1.29, 1.82) is 0 Å². The minimum atomic E-state index is -0.355. The van der Waals surface area contributed by atoms with Crippen LogP contribution in [0.15, 0.2) is 59.8 Å². The molecule has 0 fully saturated rings. The highest BCUT2D eigenvalue weighted by molar-refractivity contribution is 8.00. The van der Waals surface area contributed by atoms with E-state index in [2.05, 4.69) is 15.5 Å². The van der Waals surface area contributed by atoms with E-state index in [0.717, 1.165) is 11.3 Å². The van der Waals surface area contributed by atoms with E-state index in [4.69, 9.17) is 0 Å². The molecule has 1 heterocycles. The van der Waals surface area contributed by atoms with Crippen molar-refractivity contribution in [2.24, 2.45) is 0 Å². The zero-order valence-electron chi connectivity index (χ0n) is 16.3. The molecule has 0 spiro atoms. The maximum absolute atomic E-state index is 13.3. The van der Waals surface area contributed by atoms with Crippen LogP contribution in [0.25, 0.3) is 17.1 Å². The molecule has 5 nitrogen and oxygen atoms in total. The number of aromatic nitrogens is 3. The van der Waals surface area contributed by atoms with E-state index in [0.29, 0.717) is 11.0 Å². The van der Waals surface area contributed by atoms with Crippen LogP contribution in [-0.2, 0) is 4.79 Å². The number of thioether (sulfide) groups is 1. The molecule has 0 saturated heterocycles. The van der Waals surface area contributed by atoms with Crippen LogP contribution >= 0.6 is 11.8 Å². The SMILES string of the molecule is CC(Sc1nnc(-c2ccc(F)cc2)n1-c1ccccc1)C(=O)NC(C)(C)C. The fraction of sp³-hybridized carbons (Fsp3) is 0.286. The Labute approximate surface area is 168 Å². The van der Waals surface area contributed by atoms with Crippen LogP contribution in [0.5, 0.6) is 0 Å². The summed E-state index contributed by atoms with van der Waals surface area (Å²) in [5.41, 5.74) is 1.31. The molecule has 146 valence electrons. The lowest BCUT2D eigenvalue weighted by atomic mass is 10.1. The van der Waals surface area contributed by atoms with Gasteiger partial charge in [-0.05, 0) is 64.1 Å². The molecule has 0 bridgehead atoms. The zero-order chi connectivity index (χ0) is 20.3. The Morgan fingerprint density at radius 2 is 1.71 bits per heavy atom. The van der Waals surface area contributed by atoms with Gasteiger partial charge in [0.05, 0.1) is 5.25 Å². The van der Waals surface area contributed by atoms with Gasteiger partial charge in [-0.15, -0.1) is 10.2 Å². The molecule has 1 amide bonds. The maximum Gasteiger partial charge on any atom is 0.233 e. The molecule has 0 saturated carbocycles. The average molecular weight is 399 g/mol. The Hall–Kier alpha value is -2.67. The van der Waals surface area contributed by atoms with Gasteiger partial charge < -0.3 is 5.32 Å². The van der Waals surface area contributed by atoms with Crippen molar-refractivity contribution in [2.75, 3.05) is 0 Å². The molecule has 1 unspecified atom stereocenters. The smallest absolute Gasteiger partial charge is 0.233 e.